The highest BCUT2D eigenvalue weighted by atomic mass is 79.9. The molecule has 0 bridgehead atoms. The molecule has 0 radical (unpaired) electrons. The van der Waals surface area contributed by atoms with Gasteiger partial charge in [0.05, 0.1) is 15.9 Å². The molecule has 4 heteroatoms. The molecule has 110 valence electrons. The number of unbranched alkanes of at least 4 members (excludes halogenated alkanes) is 1. The van der Waals surface area contributed by atoms with E-state index in [0.29, 0.717) is 5.41 Å². The average Bonchev–Trinajstić information content (AvgIpc) is 2.70. The first-order valence-electron chi connectivity index (χ1n) is 7.29. The lowest BCUT2D eigenvalue weighted by atomic mass is 9.78. The van der Waals surface area contributed by atoms with Crippen LogP contribution in [0.1, 0.15) is 57.8 Å². The van der Waals surface area contributed by atoms with Crippen LogP contribution >= 0.6 is 31.9 Å². The van der Waals surface area contributed by atoms with Gasteiger partial charge in [-0.2, -0.15) is 5.10 Å². The first-order valence-corrected chi connectivity index (χ1v) is 9.21. The second-order valence-corrected chi connectivity index (χ2v) is 6.81. The molecule has 0 aromatic carbocycles. The largest absolute Gasteiger partial charge is 0.271 e. The van der Waals surface area contributed by atoms with E-state index < -0.39 is 0 Å². The van der Waals surface area contributed by atoms with E-state index in [1.165, 1.54) is 41.5 Å². The fourth-order valence-corrected chi connectivity index (χ4v) is 4.15. The average molecular weight is 394 g/mol. The standard InChI is InChI=1S/C15H26Br2N2/c1-5-8-9-15(7-3,11-16)10-13-14(17)12(6-2)18-19(13)4/h5-11H2,1-4H3. The number of aromatic nitrogens is 2. The van der Waals surface area contributed by atoms with Crippen molar-refractivity contribution in [2.45, 2.75) is 59.3 Å². The molecule has 2 nitrogen and oxygen atoms in total. The smallest absolute Gasteiger partial charge is 0.0766 e. The Morgan fingerprint density at radius 3 is 2.37 bits per heavy atom. The molecule has 0 aliphatic rings. The van der Waals surface area contributed by atoms with Crippen molar-refractivity contribution in [3.8, 4) is 0 Å². The molecule has 0 spiro atoms. The summed E-state index contributed by atoms with van der Waals surface area (Å²) in [6.45, 7) is 6.73. The van der Waals surface area contributed by atoms with Gasteiger partial charge in [0.15, 0.2) is 0 Å². The van der Waals surface area contributed by atoms with Crippen LogP contribution in [0.4, 0.5) is 0 Å². The Labute approximate surface area is 134 Å². The van der Waals surface area contributed by atoms with E-state index in [4.69, 9.17) is 0 Å². The van der Waals surface area contributed by atoms with E-state index in [2.05, 4.69) is 69.5 Å². The Morgan fingerprint density at radius 2 is 1.95 bits per heavy atom. The third kappa shape index (κ3) is 4.07. The number of rotatable bonds is 8. The van der Waals surface area contributed by atoms with Crippen molar-refractivity contribution < 1.29 is 0 Å². The van der Waals surface area contributed by atoms with Crippen molar-refractivity contribution in [3.05, 3.63) is 15.9 Å². The lowest BCUT2D eigenvalue weighted by molar-refractivity contribution is 0.277. The van der Waals surface area contributed by atoms with E-state index in [-0.39, 0.29) is 0 Å². The van der Waals surface area contributed by atoms with Crippen LogP contribution in [0.5, 0.6) is 0 Å². The molecule has 0 amide bonds. The van der Waals surface area contributed by atoms with E-state index in [9.17, 15) is 0 Å². The summed E-state index contributed by atoms with van der Waals surface area (Å²) < 4.78 is 3.27. The van der Waals surface area contributed by atoms with Gasteiger partial charge in [0.2, 0.25) is 0 Å². The fourth-order valence-electron chi connectivity index (χ4n) is 2.52. The van der Waals surface area contributed by atoms with Gasteiger partial charge in [0.25, 0.3) is 0 Å². The minimum Gasteiger partial charge on any atom is -0.271 e. The van der Waals surface area contributed by atoms with Crippen molar-refractivity contribution in [3.63, 3.8) is 0 Å². The molecule has 1 rings (SSSR count). The van der Waals surface area contributed by atoms with E-state index in [1.807, 2.05) is 0 Å². The third-order valence-electron chi connectivity index (χ3n) is 4.14. The highest BCUT2D eigenvalue weighted by Crippen LogP contribution is 2.37. The van der Waals surface area contributed by atoms with Gasteiger partial charge in [-0.05, 0) is 47.0 Å². The van der Waals surface area contributed by atoms with E-state index in [0.717, 1.165) is 18.2 Å². The highest BCUT2D eigenvalue weighted by Gasteiger charge is 2.29. The first kappa shape index (κ1) is 17.2. The molecule has 1 unspecified atom stereocenters. The number of aryl methyl sites for hydroxylation is 2. The van der Waals surface area contributed by atoms with Crippen LogP contribution in [0.2, 0.25) is 0 Å². The maximum atomic E-state index is 4.62. The molecule has 0 N–H and O–H groups in total. The zero-order chi connectivity index (χ0) is 14.5. The predicted molar refractivity (Wildman–Crippen MR) is 90.0 cm³/mol. The van der Waals surface area contributed by atoms with Crippen LogP contribution in [0, 0.1) is 5.41 Å². The summed E-state index contributed by atoms with van der Waals surface area (Å²) in [4.78, 5) is 0. The minimum absolute atomic E-state index is 0.358. The molecular weight excluding hydrogens is 368 g/mol. The summed E-state index contributed by atoms with van der Waals surface area (Å²) in [5, 5.41) is 5.68. The van der Waals surface area contributed by atoms with Gasteiger partial charge >= 0.3 is 0 Å². The minimum atomic E-state index is 0.358. The van der Waals surface area contributed by atoms with Crippen LogP contribution in [0.15, 0.2) is 4.47 Å². The van der Waals surface area contributed by atoms with Gasteiger partial charge in [0, 0.05) is 12.4 Å². The number of nitrogens with zero attached hydrogens (tertiary/aromatic N) is 2. The van der Waals surface area contributed by atoms with Gasteiger partial charge in [0.1, 0.15) is 0 Å². The maximum Gasteiger partial charge on any atom is 0.0766 e. The van der Waals surface area contributed by atoms with Crippen molar-refractivity contribution in [1.82, 2.24) is 9.78 Å². The summed E-state index contributed by atoms with van der Waals surface area (Å²) in [7, 11) is 2.06. The Morgan fingerprint density at radius 1 is 1.26 bits per heavy atom. The van der Waals surface area contributed by atoms with Gasteiger partial charge < -0.3 is 0 Å². The van der Waals surface area contributed by atoms with Crippen LogP contribution in [-0.2, 0) is 19.9 Å². The zero-order valence-electron chi connectivity index (χ0n) is 12.6. The highest BCUT2D eigenvalue weighted by molar-refractivity contribution is 9.10. The molecule has 1 aromatic heterocycles. The molecule has 1 atom stereocenters. The van der Waals surface area contributed by atoms with Gasteiger partial charge in [-0.1, -0.05) is 49.5 Å². The molecule has 0 saturated heterocycles. The molecule has 0 aliphatic heterocycles. The number of hydrogen-bond acceptors (Lipinski definition) is 1. The van der Waals surface area contributed by atoms with Crippen LogP contribution < -0.4 is 0 Å². The number of hydrogen-bond donors (Lipinski definition) is 0. The third-order valence-corrected chi connectivity index (χ3v) is 6.24. The summed E-state index contributed by atoms with van der Waals surface area (Å²) in [5.41, 5.74) is 2.87. The van der Waals surface area contributed by atoms with Gasteiger partial charge in [-0.3, -0.25) is 4.68 Å². The van der Waals surface area contributed by atoms with Crippen molar-refractivity contribution in [2.24, 2.45) is 12.5 Å². The number of halogens is 2. The van der Waals surface area contributed by atoms with Crippen LogP contribution in [0.25, 0.3) is 0 Å². The Bertz CT molecular complexity index is 395. The predicted octanol–water partition coefficient (Wildman–Crippen LogP) is 5.27. The van der Waals surface area contributed by atoms with Crippen molar-refractivity contribution in [2.75, 3.05) is 5.33 Å². The van der Waals surface area contributed by atoms with Crippen molar-refractivity contribution in [1.29, 1.82) is 0 Å². The lowest BCUT2D eigenvalue weighted by Gasteiger charge is -2.31. The topological polar surface area (TPSA) is 17.8 Å². The Balaban J connectivity index is 2.99. The molecule has 1 aromatic rings. The SMILES string of the molecule is CCCCC(CC)(CBr)Cc1c(Br)c(CC)nn1C. The number of alkyl halides is 1. The fraction of sp³-hybridized carbons (Fsp3) is 0.800. The normalized spacial score (nSPS) is 14.6. The molecule has 1 heterocycles. The molecule has 0 aliphatic carbocycles. The Kier molecular flexibility index (Phi) is 7.09. The quantitative estimate of drug-likeness (QED) is 0.550. The molecule has 19 heavy (non-hydrogen) atoms. The molecular formula is C15H26Br2N2. The monoisotopic (exact) mass is 392 g/mol. The summed E-state index contributed by atoms with van der Waals surface area (Å²) >= 11 is 7.49. The summed E-state index contributed by atoms with van der Waals surface area (Å²) in [6, 6.07) is 0. The Hall–Kier alpha value is 0.170. The van der Waals surface area contributed by atoms with Gasteiger partial charge in [-0.15, -0.1) is 0 Å². The van der Waals surface area contributed by atoms with E-state index in [1.54, 1.807) is 0 Å². The zero-order valence-corrected chi connectivity index (χ0v) is 15.8. The van der Waals surface area contributed by atoms with Crippen LogP contribution in [0.3, 0.4) is 0 Å². The molecule has 0 fully saturated rings. The van der Waals surface area contributed by atoms with E-state index >= 15 is 0 Å². The second-order valence-electron chi connectivity index (χ2n) is 5.45. The second kappa shape index (κ2) is 7.82. The molecule has 0 saturated carbocycles. The van der Waals surface area contributed by atoms with Crippen LogP contribution in [-0.4, -0.2) is 15.1 Å². The van der Waals surface area contributed by atoms with Gasteiger partial charge in [-0.25, -0.2) is 0 Å². The first-order chi connectivity index (χ1) is 9.03. The lowest BCUT2D eigenvalue weighted by Crippen LogP contribution is -2.26. The summed E-state index contributed by atoms with van der Waals surface area (Å²) in [6.07, 6.45) is 7.13. The van der Waals surface area contributed by atoms with Crippen molar-refractivity contribution >= 4 is 31.9 Å². The maximum absolute atomic E-state index is 4.62. The summed E-state index contributed by atoms with van der Waals surface area (Å²) in [5.74, 6) is 0.